The van der Waals surface area contributed by atoms with Crippen LogP contribution in [-0.4, -0.2) is 22.3 Å². The van der Waals surface area contributed by atoms with Crippen molar-refractivity contribution >= 4 is 28.1 Å². The SMILES string of the molecule is Cc1ccc(-c2cc(C(=O)NN=Cc3ccc(Br)cc3)n[nH]2)o1. The van der Waals surface area contributed by atoms with Gasteiger partial charge in [-0.25, -0.2) is 5.43 Å². The number of aromatic nitrogens is 2. The number of hydrazone groups is 1. The Balaban J connectivity index is 1.64. The third kappa shape index (κ3) is 3.75. The number of carbonyl (C=O) groups excluding carboxylic acids is 1. The summed E-state index contributed by atoms with van der Waals surface area (Å²) in [5.74, 6) is 1.02. The Morgan fingerprint density at radius 1 is 1.30 bits per heavy atom. The van der Waals surface area contributed by atoms with Crippen molar-refractivity contribution < 1.29 is 9.21 Å². The molecule has 2 heterocycles. The summed E-state index contributed by atoms with van der Waals surface area (Å²) in [6.07, 6.45) is 1.56. The number of aryl methyl sites for hydroxylation is 1. The topological polar surface area (TPSA) is 83.3 Å². The Morgan fingerprint density at radius 2 is 2.09 bits per heavy atom. The summed E-state index contributed by atoms with van der Waals surface area (Å²) < 4.78 is 6.46. The molecular formula is C16H13BrN4O2. The number of amides is 1. The molecule has 0 saturated carbocycles. The van der Waals surface area contributed by atoms with E-state index in [-0.39, 0.29) is 5.69 Å². The molecule has 0 bridgehead atoms. The second-order valence-electron chi connectivity index (χ2n) is 4.83. The van der Waals surface area contributed by atoms with E-state index in [4.69, 9.17) is 4.42 Å². The van der Waals surface area contributed by atoms with Gasteiger partial charge in [-0.05, 0) is 36.8 Å². The Bertz CT molecular complexity index is 849. The molecular weight excluding hydrogens is 360 g/mol. The van der Waals surface area contributed by atoms with Gasteiger partial charge in [0.2, 0.25) is 0 Å². The highest BCUT2D eigenvalue weighted by Crippen LogP contribution is 2.20. The maximum Gasteiger partial charge on any atom is 0.291 e. The van der Waals surface area contributed by atoms with E-state index in [1.807, 2.05) is 43.3 Å². The molecule has 0 atom stereocenters. The van der Waals surface area contributed by atoms with Gasteiger partial charge in [-0.3, -0.25) is 9.89 Å². The number of H-pyrrole nitrogens is 1. The minimum atomic E-state index is -0.399. The van der Waals surface area contributed by atoms with Crippen LogP contribution < -0.4 is 5.43 Å². The van der Waals surface area contributed by atoms with Gasteiger partial charge in [-0.15, -0.1) is 0 Å². The number of carbonyl (C=O) groups is 1. The molecule has 0 saturated heterocycles. The number of hydrogen-bond donors (Lipinski definition) is 2. The number of aromatic amines is 1. The van der Waals surface area contributed by atoms with Crippen molar-refractivity contribution in [2.24, 2.45) is 5.10 Å². The zero-order valence-corrected chi connectivity index (χ0v) is 13.8. The Morgan fingerprint density at radius 3 is 2.78 bits per heavy atom. The number of benzene rings is 1. The van der Waals surface area contributed by atoms with Crippen LogP contribution in [0, 0.1) is 6.92 Å². The minimum absolute atomic E-state index is 0.238. The van der Waals surface area contributed by atoms with Gasteiger partial charge in [0.1, 0.15) is 11.5 Å². The molecule has 0 radical (unpaired) electrons. The molecule has 0 aliphatic carbocycles. The van der Waals surface area contributed by atoms with E-state index < -0.39 is 5.91 Å². The fraction of sp³-hybridized carbons (Fsp3) is 0.0625. The van der Waals surface area contributed by atoms with Crippen LogP contribution in [0.1, 0.15) is 21.8 Å². The third-order valence-electron chi connectivity index (χ3n) is 3.07. The Labute approximate surface area is 140 Å². The van der Waals surface area contributed by atoms with Gasteiger partial charge >= 0.3 is 0 Å². The van der Waals surface area contributed by atoms with Gasteiger partial charge in [0.25, 0.3) is 5.91 Å². The summed E-state index contributed by atoms with van der Waals surface area (Å²) in [5.41, 5.74) is 4.19. The van der Waals surface area contributed by atoms with E-state index >= 15 is 0 Å². The smallest absolute Gasteiger partial charge is 0.291 e. The first-order valence-corrected chi connectivity index (χ1v) is 7.62. The molecule has 2 aromatic heterocycles. The molecule has 1 aromatic carbocycles. The molecule has 6 nitrogen and oxygen atoms in total. The Hall–Kier alpha value is -2.67. The van der Waals surface area contributed by atoms with Crippen molar-refractivity contribution in [2.75, 3.05) is 0 Å². The Kier molecular flexibility index (Phi) is 4.38. The lowest BCUT2D eigenvalue weighted by Crippen LogP contribution is -2.17. The number of rotatable bonds is 4. The first-order valence-electron chi connectivity index (χ1n) is 6.83. The van der Waals surface area contributed by atoms with Crippen molar-refractivity contribution in [3.8, 4) is 11.5 Å². The lowest BCUT2D eigenvalue weighted by Gasteiger charge is -1.95. The molecule has 0 aliphatic heterocycles. The summed E-state index contributed by atoms with van der Waals surface area (Å²) >= 11 is 3.36. The first kappa shape index (κ1) is 15.2. The summed E-state index contributed by atoms with van der Waals surface area (Å²) in [7, 11) is 0. The average Bonchev–Trinajstić information content (AvgIpc) is 3.18. The molecule has 116 valence electrons. The highest BCUT2D eigenvalue weighted by molar-refractivity contribution is 9.10. The summed E-state index contributed by atoms with van der Waals surface area (Å²) in [6, 6.07) is 12.8. The minimum Gasteiger partial charge on any atom is -0.460 e. The van der Waals surface area contributed by atoms with Gasteiger partial charge in [0.05, 0.1) is 6.21 Å². The molecule has 3 aromatic rings. The molecule has 0 aliphatic rings. The van der Waals surface area contributed by atoms with E-state index in [1.54, 1.807) is 12.3 Å². The van der Waals surface area contributed by atoms with Crippen molar-refractivity contribution in [3.63, 3.8) is 0 Å². The number of nitrogens with one attached hydrogen (secondary N) is 2. The maximum absolute atomic E-state index is 12.0. The lowest BCUT2D eigenvalue weighted by molar-refractivity contribution is 0.0950. The van der Waals surface area contributed by atoms with Gasteiger partial charge in [0.15, 0.2) is 11.5 Å². The van der Waals surface area contributed by atoms with E-state index in [2.05, 4.69) is 36.7 Å². The van der Waals surface area contributed by atoms with Crippen LogP contribution in [0.5, 0.6) is 0 Å². The van der Waals surface area contributed by atoms with Crippen LogP contribution in [0.4, 0.5) is 0 Å². The van der Waals surface area contributed by atoms with Gasteiger partial charge < -0.3 is 4.42 Å². The quantitative estimate of drug-likeness (QED) is 0.542. The third-order valence-corrected chi connectivity index (χ3v) is 3.59. The van der Waals surface area contributed by atoms with Crippen molar-refractivity contribution in [1.82, 2.24) is 15.6 Å². The zero-order chi connectivity index (χ0) is 16.2. The van der Waals surface area contributed by atoms with Gasteiger partial charge in [-0.2, -0.15) is 10.2 Å². The zero-order valence-electron chi connectivity index (χ0n) is 12.2. The predicted molar refractivity (Wildman–Crippen MR) is 90.2 cm³/mol. The largest absolute Gasteiger partial charge is 0.460 e. The second-order valence-corrected chi connectivity index (χ2v) is 5.74. The number of halogens is 1. The number of nitrogens with zero attached hydrogens (tertiary/aromatic N) is 2. The van der Waals surface area contributed by atoms with Crippen LogP contribution in [0.2, 0.25) is 0 Å². The molecule has 7 heteroatoms. The molecule has 0 unspecified atom stereocenters. The molecule has 0 spiro atoms. The first-order chi connectivity index (χ1) is 11.1. The van der Waals surface area contributed by atoms with E-state index in [0.717, 1.165) is 15.8 Å². The van der Waals surface area contributed by atoms with Crippen molar-refractivity contribution in [2.45, 2.75) is 6.92 Å². The standard InChI is InChI=1S/C16H13BrN4O2/c1-10-2-7-15(23-10)13-8-14(20-19-13)16(22)21-18-9-11-3-5-12(17)6-4-11/h2-9H,1H3,(H,19,20)(H,21,22). The van der Waals surface area contributed by atoms with Crippen molar-refractivity contribution in [3.05, 3.63) is 64.0 Å². The van der Waals surface area contributed by atoms with Gasteiger partial charge in [0, 0.05) is 10.5 Å². The highest BCUT2D eigenvalue weighted by atomic mass is 79.9. The summed E-state index contributed by atoms with van der Waals surface area (Å²) in [4.78, 5) is 12.0. The second kappa shape index (κ2) is 6.62. The molecule has 0 fully saturated rings. The van der Waals surface area contributed by atoms with Gasteiger partial charge in [-0.1, -0.05) is 28.1 Å². The fourth-order valence-corrected chi connectivity index (χ4v) is 2.18. The van der Waals surface area contributed by atoms with Crippen LogP contribution in [0.25, 0.3) is 11.5 Å². The van der Waals surface area contributed by atoms with Crippen LogP contribution in [-0.2, 0) is 0 Å². The lowest BCUT2D eigenvalue weighted by atomic mass is 10.2. The predicted octanol–water partition coefficient (Wildman–Crippen LogP) is 3.50. The molecule has 1 amide bonds. The molecule has 23 heavy (non-hydrogen) atoms. The monoisotopic (exact) mass is 372 g/mol. The highest BCUT2D eigenvalue weighted by Gasteiger charge is 2.12. The maximum atomic E-state index is 12.0. The fourth-order valence-electron chi connectivity index (χ4n) is 1.92. The van der Waals surface area contributed by atoms with E-state index in [0.29, 0.717) is 11.5 Å². The molecule has 3 rings (SSSR count). The number of furan rings is 1. The van der Waals surface area contributed by atoms with Crippen LogP contribution in [0.15, 0.2) is 56.5 Å². The number of hydrogen-bond acceptors (Lipinski definition) is 4. The summed E-state index contributed by atoms with van der Waals surface area (Å²) in [5, 5.41) is 10.6. The summed E-state index contributed by atoms with van der Waals surface area (Å²) in [6.45, 7) is 1.85. The average molecular weight is 373 g/mol. The van der Waals surface area contributed by atoms with E-state index in [9.17, 15) is 4.79 Å². The van der Waals surface area contributed by atoms with Crippen LogP contribution >= 0.6 is 15.9 Å². The normalized spacial score (nSPS) is 11.0. The molecule has 2 N–H and O–H groups in total. The van der Waals surface area contributed by atoms with Crippen molar-refractivity contribution in [1.29, 1.82) is 0 Å². The van der Waals surface area contributed by atoms with E-state index in [1.165, 1.54) is 0 Å². The van der Waals surface area contributed by atoms with Crippen LogP contribution in [0.3, 0.4) is 0 Å².